The van der Waals surface area contributed by atoms with Gasteiger partial charge in [0.15, 0.2) is 0 Å². The molecule has 0 fully saturated rings. The van der Waals surface area contributed by atoms with Gasteiger partial charge in [-0.25, -0.2) is 0 Å². The summed E-state index contributed by atoms with van der Waals surface area (Å²) in [5.41, 5.74) is 0. The number of benzene rings is 2. The first-order valence-corrected chi connectivity index (χ1v) is 4.74. The average molecular weight is 223 g/mol. The fourth-order valence-electron chi connectivity index (χ4n) is 1.11. The Morgan fingerprint density at radius 3 is 1.33 bits per heavy atom. The van der Waals surface area contributed by atoms with Gasteiger partial charge in [0.1, 0.15) is 11.5 Å². The van der Waals surface area contributed by atoms with Gasteiger partial charge in [0, 0.05) is 0 Å². The highest BCUT2D eigenvalue weighted by Gasteiger charge is 1.92. The Morgan fingerprint density at radius 2 is 1.00 bits per heavy atom. The molecule has 0 aliphatic heterocycles. The molecule has 2 nitrogen and oxygen atoms in total. The fraction of sp³-hybridized carbons (Fsp3) is 0. The molecule has 0 saturated carbocycles. The van der Waals surface area contributed by atoms with E-state index in [-0.39, 0.29) is 0 Å². The molecule has 0 aliphatic rings. The lowest BCUT2D eigenvalue weighted by atomic mass is 10.3. The van der Waals surface area contributed by atoms with E-state index in [0.717, 1.165) is 11.5 Å². The average Bonchev–Trinajstić information content (AvgIpc) is 2.34. The molecule has 0 atom stereocenters. The lowest BCUT2D eigenvalue weighted by Gasteiger charge is -2.03. The summed E-state index contributed by atoms with van der Waals surface area (Å²) in [6.07, 6.45) is 0. The van der Waals surface area contributed by atoms with Crippen LogP contribution in [0.3, 0.4) is 0 Å². The lowest BCUT2D eigenvalue weighted by Crippen LogP contribution is -1.81. The summed E-state index contributed by atoms with van der Waals surface area (Å²) < 4.78 is 12.1. The van der Waals surface area contributed by atoms with Crippen LogP contribution in [-0.2, 0) is 0 Å². The van der Waals surface area contributed by atoms with E-state index in [1.165, 1.54) is 0 Å². The van der Waals surface area contributed by atoms with Crippen molar-refractivity contribution in [1.82, 2.24) is 0 Å². The number of hydrogen-bond acceptors (Lipinski definition) is 2. The molecule has 1 N–H and O–H groups in total. The van der Waals surface area contributed by atoms with E-state index in [1.54, 1.807) is 0 Å². The molecule has 2 aromatic carbocycles. The fourth-order valence-corrected chi connectivity index (χ4v) is 1.11. The van der Waals surface area contributed by atoms with E-state index >= 15 is 0 Å². The Bertz CT molecular complexity index is 324. The number of halogens is 1. The normalized spacial score (nSPS) is 8.67. The van der Waals surface area contributed by atoms with E-state index in [4.69, 9.17) is 9.40 Å². The van der Waals surface area contributed by atoms with E-state index in [2.05, 4.69) is 11.9 Å². The molecule has 0 saturated heterocycles. The third kappa shape index (κ3) is 4.02. The van der Waals surface area contributed by atoms with Gasteiger partial charge in [-0.05, 0) is 24.3 Å². The zero-order valence-electron chi connectivity index (χ0n) is 8.01. The second kappa shape index (κ2) is 6.87. The second-order valence-electron chi connectivity index (χ2n) is 2.73. The third-order valence-electron chi connectivity index (χ3n) is 1.72. The van der Waals surface area contributed by atoms with Gasteiger partial charge in [-0.3, -0.25) is 4.66 Å². The van der Waals surface area contributed by atoms with E-state index in [9.17, 15) is 0 Å². The Kier molecular flexibility index (Phi) is 5.30. The van der Waals surface area contributed by atoms with Gasteiger partial charge in [0.25, 0.3) is 0 Å². The maximum absolute atomic E-state index is 6.47. The zero-order valence-corrected chi connectivity index (χ0v) is 8.76. The van der Waals surface area contributed by atoms with Crippen LogP contribution < -0.4 is 4.74 Å². The van der Waals surface area contributed by atoms with Crippen LogP contribution in [0.4, 0.5) is 0 Å². The van der Waals surface area contributed by atoms with Crippen molar-refractivity contribution in [3.8, 4) is 11.5 Å². The summed E-state index contributed by atoms with van der Waals surface area (Å²) >= 11 is 3.64. The van der Waals surface area contributed by atoms with Gasteiger partial charge in [0.2, 0.25) is 0 Å². The molecule has 0 heterocycles. The molecule has 0 amide bonds. The largest absolute Gasteiger partial charge is 0.457 e. The van der Waals surface area contributed by atoms with Crippen LogP contribution in [0.25, 0.3) is 0 Å². The van der Waals surface area contributed by atoms with Crippen LogP contribution in [-0.4, -0.2) is 4.66 Å². The van der Waals surface area contributed by atoms with Crippen LogP contribution in [0.5, 0.6) is 11.5 Å². The van der Waals surface area contributed by atoms with Gasteiger partial charge in [0.05, 0.1) is 11.9 Å². The van der Waals surface area contributed by atoms with Crippen LogP contribution >= 0.6 is 11.9 Å². The molecule has 0 radical (unpaired) electrons. The van der Waals surface area contributed by atoms with Crippen molar-refractivity contribution < 1.29 is 9.40 Å². The smallest absolute Gasteiger partial charge is 0.127 e. The summed E-state index contributed by atoms with van der Waals surface area (Å²) in [6, 6.07) is 19.5. The van der Waals surface area contributed by atoms with Crippen LogP contribution in [0, 0.1) is 0 Å². The summed E-state index contributed by atoms with van der Waals surface area (Å²) in [5.74, 6) is 1.74. The van der Waals surface area contributed by atoms with Crippen molar-refractivity contribution in [2.45, 2.75) is 0 Å². The highest BCUT2D eigenvalue weighted by molar-refractivity contribution is 6.04. The Balaban J connectivity index is 0.000000531. The van der Waals surface area contributed by atoms with Crippen molar-refractivity contribution in [3.63, 3.8) is 0 Å². The van der Waals surface area contributed by atoms with Crippen molar-refractivity contribution in [3.05, 3.63) is 60.7 Å². The molecule has 0 spiro atoms. The molecular formula is C12H11ClO2. The molecular weight excluding hydrogens is 212 g/mol. The summed E-state index contributed by atoms with van der Waals surface area (Å²) in [4.78, 5) is 0. The Hall–Kier alpha value is -1.51. The second-order valence-corrected chi connectivity index (χ2v) is 2.73. The maximum Gasteiger partial charge on any atom is 0.127 e. The number of rotatable bonds is 2. The molecule has 2 aromatic rings. The maximum atomic E-state index is 6.47. The van der Waals surface area contributed by atoms with Crippen molar-refractivity contribution in [1.29, 1.82) is 0 Å². The zero-order chi connectivity index (χ0) is 10.9. The first kappa shape index (κ1) is 11.6. The monoisotopic (exact) mass is 222 g/mol. The van der Waals surface area contributed by atoms with Crippen LogP contribution in [0.2, 0.25) is 0 Å². The van der Waals surface area contributed by atoms with Gasteiger partial charge in [-0.1, -0.05) is 36.4 Å². The van der Waals surface area contributed by atoms with Crippen molar-refractivity contribution in [2.24, 2.45) is 0 Å². The van der Waals surface area contributed by atoms with Crippen LogP contribution in [0.15, 0.2) is 60.7 Å². The molecule has 0 unspecified atom stereocenters. The Labute approximate surface area is 93.9 Å². The standard InChI is InChI=1S/C12H10O.ClHO/c1-3-7-11(8-4-1)13-12-9-5-2-6-10-12;1-2/h1-10H;2H. The van der Waals surface area contributed by atoms with Gasteiger partial charge >= 0.3 is 0 Å². The number of hydrogen-bond donors (Lipinski definition) is 1. The first-order chi connectivity index (χ1) is 7.45. The van der Waals surface area contributed by atoms with Gasteiger partial charge in [-0.15, -0.1) is 0 Å². The summed E-state index contributed by atoms with van der Waals surface area (Å²) in [7, 11) is 0. The van der Waals surface area contributed by atoms with E-state index in [0.29, 0.717) is 0 Å². The molecule has 15 heavy (non-hydrogen) atoms. The van der Waals surface area contributed by atoms with Crippen molar-refractivity contribution in [2.75, 3.05) is 0 Å². The molecule has 78 valence electrons. The topological polar surface area (TPSA) is 29.5 Å². The van der Waals surface area contributed by atoms with Gasteiger partial charge < -0.3 is 4.74 Å². The minimum Gasteiger partial charge on any atom is -0.457 e. The molecule has 0 aromatic heterocycles. The Morgan fingerprint density at radius 1 is 0.667 bits per heavy atom. The SMILES string of the molecule is OCl.c1ccc(Oc2ccccc2)cc1. The number of para-hydroxylation sites is 2. The minimum atomic E-state index is 0.869. The first-order valence-electron chi connectivity index (χ1n) is 4.40. The predicted octanol–water partition coefficient (Wildman–Crippen LogP) is 3.61. The summed E-state index contributed by atoms with van der Waals surface area (Å²) in [5, 5.41) is 0. The summed E-state index contributed by atoms with van der Waals surface area (Å²) in [6.45, 7) is 0. The number of ether oxygens (including phenoxy) is 1. The predicted molar refractivity (Wildman–Crippen MR) is 61.0 cm³/mol. The molecule has 0 bridgehead atoms. The molecule has 3 heteroatoms. The third-order valence-corrected chi connectivity index (χ3v) is 1.72. The highest BCUT2D eigenvalue weighted by atomic mass is 35.5. The van der Waals surface area contributed by atoms with Crippen LogP contribution in [0.1, 0.15) is 0 Å². The van der Waals surface area contributed by atoms with E-state index < -0.39 is 0 Å². The van der Waals surface area contributed by atoms with Gasteiger partial charge in [-0.2, -0.15) is 0 Å². The highest BCUT2D eigenvalue weighted by Crippen LogP contribution is 2.19. The minimum absolute atomic E-state index is 0.869. The molecule has 2 rings (SSSR count). The lowest BCUT2D eigenvalue weighted by molar-refractivity contribution is 0.482. The van der Waals surface area contributed by atoms with E-state index in [1.807, 2.05) is 60.7 Å². The van der Waals surface area contributed by atoms with Crippen molar-refractivity contribution >= 4 is 11.9 Å². The molecule has 0 aliphatic carbocycles. The quantitative estimate of drug-likeness (QED) is 0.841.